The summed E-state index contributed by atoms with van der Waals surface area (Å²) in [7, 11) is 0. The summed E-state index contributed by atoms with van der Waals surface area (Å²) < 4.78 is 6.48. The quantitative estimate of drug-likeness (QED) is 0.806. The molecule has 0 spiro atoms. The van der Waals surface area contributed by atoms with E-state index in [9.17, 15) is 4.79 Å². The van der Waals surface area contributed by atoms with Gasteiger partial charge in [0, 0.05) is 17.2 Å². The first-order valence-corrected chi connectivity index (χ1v) is 7.77. The van der Waals surface area contributed by atoms with E-state index >= 15 is 0 Å². The summed E-state index contributed by atoms with van der Waals surface area (Å²) in [5.74, 6) is 0.0162. The fourth-order valence-electron chi connectivity index (χ4n) is 2.35. The van der Waals surface area contributed by atoms with Crippen LogP contribution in [0, 0.1) is 0 Å². The summed E-state index contributed by atoms with van der Waals surface area (Å²) in [6.07, 6.45) is 8.00. The van der Waals surface area contributed by atoms with Gasteiger partial charge in [-0.2, -0.15) is 0 Å². The minimum Gasteiger partial charge on any atom is -0.383 e. The monoisotopic (exact) mass is 341 g/mol. The summed E-state index contributed by atoms with van der Waals surface area (Å²) >= 11 is 3.28. The van der Waals surface area contributed by atoms with Gasteiger partial charge < -0.3 is 15.8 Å². The predicted molar refractivity (Wildman–Crippen MR) is 81.5 cm³/mol. The number of nitrogens with zero attached hydrogens (tertiary/aromatic N) is 1. The lowest BCUT2D eigenvalue weighted by atomic mass is 9.98. The molecule has 3 N–H and O–H groups in total. The lowest BCUT2D eigenvalue weighted by molar-refractivity contribution is 0.0299. The summed E-state index contributed by atoms with van der Waals surface area (Å²) in [4.78, 5) is 15.9. The molecule has 2 rings (SSSR count). The van der Waals surface area contributed by atoms with Crippen LogP contribution in [0.5, 0.6) is 0 Å². The Kier molecular flexibility index (Phi) is 5.79. The van der Waals surface area contributed by atoms with Gasteiger partial charge in [-0.15, -0.1) is 0 Å². The smallest absolute Gasteiger partial charge is 0.255 e. The van der Waals surface area contributed by atoms with E-state index in [1.807, 2.05) is 0 Å². The van der Waals surface area contributed by atoms with Gasteiger partial charge in [-0.1, -0.05) is 19.3 Å². The molecule has 1 amide bonds. The molecule has 1 saturated carbocycles. The first kappa shape index (κ1) is 15.3. The second-order valence-corrected chi connectivity index (χ2v) is 5.89. The third kappa shape index (κ3) is 4.45. The zero-order chi connectivity index (χ0) is 14.4. The first-order valence-electron chi connectivity index (χ1n) is 6.97. The lowest BCUT2D eigenvalue weighted by Crippen LogP contribution is -2.30. The summed E-state index contributed by atoms with van der Waals surface area (Å²) in [5.41, 5.74) is 6.07. The standard InChI is InChI=1S/C14H20BrN3O2/c15-10-8-12(13(16)18-9-10)14(19)17-6-7-20-11-4-2-1-3-5-11/h8-9,11H,1-7H2,(H2,16,18)(H,17,19). The van der Waals surface area contributed by atoms with Crippen LogP contribution in [0.1, 0.15) is 42.5 Å². The molecular weight excluding hydrogens is 322 g/mol. The third-order valence-corrected chi connectivity index (χ3v) is 3.86. The van der Waals surface area contributed by atoms with Crippen LogP contribution >= 0.6 is 15.9 Å². The Morgan fingerprint density at radius 3 is 2.95 bits per heavy atom. The van der Waals surface area contributed by atoms with Crippen LogP contribution < -0.4 is 11.1 Å². The Balaban J connectivity index is 1.73. The van der Waals surface area contributed by atoms with E-state index in [0.29, 0.717) is 24.8 Å². The second-order valence-electron chi connectivity index (χ2n) is 4.97. The maximum Gasteiger partial charge on any atom is 0.255 e. The highest BCUT2D eigenvalue weighted by Crippen LogP contribution is 2.20. The van der Waals surface area contributed by atoms with Crippen molar-refractivity contribution in [2.24, 2.45) is 0 Å². The zero-order valence-corrected chi connectivity index (χ0v) is 13.0. The summed E-state index contributed by atoms with van der Waals surface area (Å²) in [5, 5.41) is 2.80. The Bertz CT molecular complexity index is 462. The predicted octanol–water partition coefficient (Wildman–Crippen LogP) is 2.51. The highest BCUT2D eigenvalue weighted by molar-refractivity contribution is 9.10. The van der Waals surface area contributed by atoms with Crippen molar-refractivity contribution in [1.82, 2.24) is 10.3 Å². The van der Waals surface area contributed by atoms with Gasteiger partial charge in [-0.25, -0.2) is 4.98 Å². The Morgan fingerprint density at radius 2 is 2.20 bits per heavy atom. The number of aromatic nitrogens is 1. The number of amides is 1. The molecule has 1 aromatic heterocycles. The van der Waals surface area contributed by atoms with Crippen molar-refractivity contribution in [3.63, 3.8) is 0 Å². The molecule has 110 valence electrons. The summed E-state index contributed by atoms with van der Waals surface area (Å²) in [6.45, 7) is 1.03. The van der Waals surface area contributed by atoms with Gasteiger partial charge in [-0.3, -0.25) is 4.79 Å². The number of nitrogen functional groups attached to an aromatic ring is 1. The number of hydrogen-bond donors (Lipinski definition) is 2. The van der Waals surface area contributed by atoms with E-state index in [1.165, 1.54) is 19.3 Å². The van der Waals surface area contributed by atoms with E-state index in [1.54, 1.807) is 12.3 Å². The number of rotatable bonds is 5. The van der Waals surface area contributed by atoms with Crippen LogP contribution in [-0.4, -0.2) is 30.1 Å². The van der Waals surface area contributed by atoms with Crippen LogP contribution in [0.3, 0.4) is 0 Å². The van der Waals surface area contributed by atoms with E-state index in [-0.39, 0.29) is 11.7 Å². The number of hydrogen-bond acceptors (Lipinski definition) is 4. The maximum absolute atomic E-state index is 12.0. The molecule has 1 heterocycles. The third-order valence-electron chi connectivity index (χ3n) is 3.42. The molecule has 0 saturated heterocycles. The number of carbonyl (C=O) groups is 1. The van der Waals surface area contributed by atoms with Crippen molar-refractivity contribution in [2.75, 3.05) is 18.9 Å². The van der Waals surface area contributed by atoms with Crippen molar-refractivity contribution >= 4 is 27.7 Å². The van der Waals surface area contributed by atoms with Gasteiger partial charge in [0.05, 0.1) is 18.3 Å². The highest BCUT2D eigenvalue weighted by atomic mass is 79.9. The number of ether oxygens (including phenoxy) is 1. The zero-order valence-electron chi connectivity index (χ0n) is 11.4. The molecule has 5 nitrogen and oxygen atoms in total. The molecule has 20 heavy (non-hydrogen) atoms. The second kappa shape index (κ2) is 7.59. The number of carbonyl (C=O) groups excluding carboxylic acids is 1. The number of nitrogens with one attached hydrogen (secondary N) is 1. The molecule has 0 atom stereocenters. The molecule has 0 bridgehead atoms. The average Bonchev–Trinajstić information content (AvgIpc) is 2.47. The Labute approximate surface area is 127 Å². The van der Waals surface area contributed by atoms with Gasteiger partial charge in [0.1, 0.15) is 5.82 Å². The minimum absolute atomic E-state index is 0.219. The van der Waals surface area contributed by atoms with Gasteiger partial charge in [0.25, 0.3) is 5.91 Å². The van der Waals surface area contributed by atoms with Gasteiger partial charge in [-0.05, 0) is 34.8 Å². The summed E-state index contributed by atoms with van der Waals surface area (Å²) in [6, 6.07) is 1.67. The molecule has 1 aliphatic carbocycles. The highest BCUT2D eigenvalue weighted by Gasteiger charge is 2.14. The number of anilines is 1. The Morgan fingerprint density at radius 1 is 1.45 bits per heavy atom. The number of halogens is 1. The van der Waals surface area contributed by atoms with Crippen LogP contribution in [0.25, 0.3) is 0 Å². The lowest BCUT2D eigenvalue weighted by Gasteiger charge is -2.22. The largest absolute Gasteiger partial charge is 0.383 e. The molecule has 0 unspecified atom stereocenters. The number of pyridine rings is 1. The molecule has 1 aromatic rings. The molecular formula is C14H20BrN3O2. The molecule has 6 heteroatoms. The van der Waals surface area contributed by atoms with Crippen LogP contribution in [-0.2, 0) is 4.74 Å². The SMILES string of the molecule is Nc1ncc(Br)cc1C(=O)NCCOC1CCCCC1. The molecule has 0 aliphatic heterocycles. The van der Waals surface area contributed by atoms with E-state index in [2.05, 4.69) is 26.2 Å². The van der Waals surface area contributed by atoms with E-state index < -0.39 is 0 Å². The van der Waals surface area contributed by atoms with Crippen molar-refractivity contribution in [3.05, 3.63) is 22.3 Å². The fraction of sp³-hybridized carbons (Fsp3) is 0.571. The topological polar surface area (TPSA) is 77.2 Å². The fourth-order valence-corrected chi connectivity index (χ4v) is 2.68. The van der Waals surface area contributed by atoms with E-state index in [4.69, 9.17) is 10.5 Å². The van der Waals surface area contributed by atoms with Gasteiger partial charge in [0.2, 0.25) is 0 Å². The molecule has 0 radical (unpaired) electrons. The normalized spacial score (nSPS) is 16.1. The number of nitrogens with two attached hydrogens (primary N) is 1. The van der Waals surface area contributed by atoms with Crippen molar-refractivity contribution in [1.29, 1.82) is 0 Å². The van der Waals surface area contributed by atoms with Crippen LogP contribution in [0.2, 0.25) is 0 Å². The molecule has 1 aliphatic rings. The minimum atomic E-state index is -0.219. The average molecular weight is 342 g/mol. The van der Waals surface area contributed by atoms with E-state index in [0.717, 1.165) is 17.3 Å². The maximum atomic E-state index is 12.0. The van der Waals surface area contributed by atoms with Crippen LogP contribution in [0.15, 0.2) is 16.7 Å². The van der Waals surface area contributed by atoms with Gasteiger partial charge >= 0.3 is 0 Å². The Hall–Kier alpha value is -1.14. The van der Waals surface area contributed by atoms with Crippen molar-refractivity contribution in [3.8, 4) is 0 Å². The van der Waals surface area contributed by atoms with Gasteiger partial charge in [0.15, 0.2) is 0 Å². The molecule has 1 fully saturated rings. The van der Waals surface area contributed by atoms with Crippen molar-refractivity contribution < 1.29 is 9.53 Å². The first-order chi connectivity index (χ1) is 9.66. The van der Waals surface area contributed by atoms with Crippen LogP contribution in [0.4, 0.5) is 5.82 Å². The molecule has 0 aromatic carbocycles. The van der Waals surface area contributed by atoms with Crippen molar-refractivity contribution in [2.45, 2.75) is 38.2 Å².